The zero-order valence-electron chi connectivity index (χ0n) is 7.93. The number of hydrogen-bond donors (Lipinski definition) is 2. The van der Waals surface area contributed by atoms with Gasteiger partial charge in [-0.1, -0.05) is 12.1 Å². The fourth-order valence-corrected chi connectivity index (χ4v) is 0.464. The monoisotopic (exact) mass is 248 g/mol. The zero-order valence-corrected chi connectivity index (χ0v) is 14.2. The second-order valence-electron chi connectivity index (χ2n) is 1.74. The molecule has 5 nitrogen and oxygen atoms in total. The summed E-state index contributed by atoms with van der Waals surface area (Å²) in [6.07, 6.45) is -2.33. The number of phenols is 2. The molecule has 0 saturated carbocycles. The molecule has 0 amide bonds. The van der Waals surface area contributed by atoms with Crippen LogP contribution in [0, 0.1) is 0 Å². The average Bonchev–Trinajstić information content (AvgIpc) is 1.94. The van der Waals surface area contributed by atoms with Gasteiger partial charge >= 0.3 is 103 Å². The van der Waals surface area contributed by atoms with Gasteiger partial charge in [0.15, 0.2) is 11.5 Å². The number of aromatic hydroxyl groups is 2. The summed E-state index contributed by atoms with van der Waals surface area (Å²) < 4.78 is 0. The number of carbonyl (C=O) groups excluding carboxylic acids is 1. The SMILES string of the molecule is O=C([O-])[O-].Oc1ccccc1O.[K+].[K+]. The molecule has 0 unspecified atom stereocenters. The van der Waals surface area contributed by atoms with Crippen molar-refractivity contribution in [2.45, 2.75) is 0 Å². The van der Waals surface area contributed by atoms with E-state index >= 15 is 0 Å². The van der Waals surface area contributed by atoms with E-state index in [-0.39, 0.29) is 114 Å². The van der Waals surface area contributed by atoms with Crippen molar-refractivity contribution in [3.05, 3.63) is 24.3 Å². The Morgan fingerprint density at radius 3 is 1.36 bits per heavy atom. The van der Waals surface area contributed by atoms with Crippen LogP contribution < -0.4 is 113 Å². The van der Waals surface area contributed by atoms with Crippen LogP contribution in [0.3, 0.4) is 0 Å². The number of hydrogen-bond acceptors (Lipinski definition) is 5. The van der Waals surface area contributed by atoms with Crippen molar-refractivity contribution < 1.29 is 128 Å². The number of rotatable bonds is 0. The van der Waals surface area contributed by atoms with Gasteiger partial charge in [-0.3, -0.25) is 0 Å². The van der Waals surface area contributed by atoms with Crippen molar-refractivity contribution in [1.29, 1.82) is 0 Å². The summed E-state index contributed by atoms with van der Waals surface area (Å²) in [5.74, 6) is -0.153. The Balaban J connectivity index is -0.000000180. The third-order valence-corrected chi connectivity index (χ3v) is 0.882. The molecular formula is C7H6K2O5. The standard InChI is InChI=1S/C6H6O2.CH2O3.2K/c7-5-3-1-2-4-6(5)8;2-1(3)4;;/h1-4,7-8H;(H2,2,3,4);;/q;;2*+1/p-2. The van der Waals surface area contributed by atoms with Crippen LogP contribution in [0.25, 0.3) is 0 Å². The normalized spacial score (nSPS) is 6.86. The minimum Gasteiger partial charge on any atom is -0.652 e. The molecule has 0 saturated heterocycles. The second kappa shape index (κ2) is 12.4. The van der Waals surface area contributed by atoms with E-state index in [4.69, 9.17) is 25.2 Å². The van der Waals surface area contributed by atoms with Gasteiger partial charge in [0.25, 0.3) is 0 Å². The van der Waals surface area contributed by atoms with E-state index in [1.165, 1.54) is 12.1 Å². The maximum Gasteiger partial charge on any atom is 1.00 e. The largest absolute Gasteiger partial charge is 1.00 e. The third kappa shape index (κ3) is 13.4. The number of phenolic OH excluding ortho intramolecular Hbond substituents is 2. The summed E-state index contributed by atoms with van der Waals surface area (Å²) >= 11 is 0. The molecule has 2 N–H and O–H groups in total. The molecular weight excluding hydrogens is 242 g/mol. The van der Waals surface area contributed by atoms with E-state index in [2.05, 4.69) is 0 Å². The first-order valence-corrected chi connectivity index (χ1v) is 2.89. The molecule has 0 bridgehead atoms. The van der Waals surface area contributed by atoms with Crippen molar-refractivity contribution in [1.82, 2.24) is 0 Å². The fourth-order valence-electron chi connectivity index (χ4n) is 0.464. The van der Waals surface area contributed by atoms with Gasteiger partial charge in [0.2, 0.25) is 0 Å². The van der Waals surface area contributed by atoms with Crippen LogP contribution in [0.5, 0.6) is 11.5 Å². The first kappa shape index (κ1) is 20.7. The molecule has 0 atom stereocenters. The van der Waals surface area contributed by atoms with Gasteiger partial charge in [0.1, 0.15) is 0 Å². The predicted molar refractivity (Wildman–Crippen MR) is 35.2 cm³/mol. The molecule has 1 rings (SSSR count). The predicted octanol–water partition coefficient (Wildman–Crippen LogP) is -7.34. The van der Waals surface area contributed by atoms with Gasteiger partial charge in [-0.2, -0.15) is 0 Å². The summed E-state index contributed by atoms with van der Waals surface area (Å²) in [5.41, 5.74) is 0. The second-order valence-corrected chi connectivity index (χ2v) is 1.74. The van der Waals surface area contributed by atoms with Gasteiger partial charge < -0.3 is 25.2 Å². The number of para-hydroxylation sites is 2. The smallest absolute Gasteiger partial charge is 0.652 e. The Bertz CT molecular complexity index is 241. The molecule has 0 heterocycles. The first-order valence-electron chi connectivity index (χ1n) is 2.89. The number of carbonyl (C=O) groups is 1. The van der Waals surface area contributed by atoms with Crippen LogP contribution in [0.15, 0.2) is 24.3 Å². The Labute approximate surface area is 166 Å². The van der Waals surface area contributed by atoms with Crippen molar-refractivity contribution >= 4 is 6.16 Å². The van der Waals surface area contributed by atoms with Crippen molar-refractivity contribution in [2.75, 3.05) is 0 Å². The Hall–Kier alpha value is 1.36. The van der Waals surface area contributed by atoms with Gasteiger partial charge in [-0.25, -0.2) is 0 Å². The molecule has 0 fully saturated rings. The molecule has 0 spiro atoms. The summed E-state index contributed by atoms with van der Waals surface area (Å²) in [5, 5.41) is 34.0. The van der Waals surface area contributed by atoms with Crippen molar-refractivity contribution in [3.63, 3.8) is 0 Å². The van der Waals surface area contributed by atoms with Crippen LogP contribution in [0.4, 0.5) is 4.79 Å². The third-order valence-electron chi connectivity index (χ3n) is 0.882. The summed E-state index contributed by atoms with van der Waals surface area (Å²) in [6, 6.07) is 6.15. The molecule has 0 aliphatic carbocycles. The number of benzene rings is 1. The van der Waals surface area contributed by atoms with Crippen LogP contribution in [-0.2, 0) is 0 Å². The summed E-state index contributed by atoms with van der Waals surface area (Å²) in [4.78, 5) is 8.33. The topological polar surface area (TPSA) is 104 Å². The molecule has 7 heteroatoms. The van der Waals surface area contributed by atoms with E-state index in [0.717, 1.165) is 0 Å². The fraction of sp³-hybridized carbons (Fsp3) is 0. The average molecular weight is 248 g/mol. The van der Waals surface area contributed by atoms with E-state index in [1.807, 2.05) is 0 Å². The molecule has 1 aromatic carbocycles. The van der Waals surface area contributed by atoms with Crippen molar-refractivity contribution in [3.8, 4) is 11.5 Å². The Morgan fingerprint density at radius 1 is 1.00 bits per heavy atom. The maximum absolute atomic E-state index is 8.67. The van der Waals surface area contributed by atoms with Crippen molar-refractivity contribution in [2.24, 2.45) is 0 Å². The van der Waals surface area contributed by atoms with E-state index < -0.39 is 6.16 Å². The molecule has 14 heavy (non-hydrogen) atoms. The van der Waals surface area contributed by atoms with E-state index in [9.17, 15) is 0 Å². The summed E-state index contributed by atoms with van der Waals surface area (Å²) in [6.45, 7) is 0. The molecule has 0 aliphatic rings. The zero-order chi connectivity index (χ0) is 9.56. The summed E-state index contributed by atoms with van der Waals surface area (Å²) in [7, 11) is 0. The van der Waals surface area contributed by atoms with Gasteiger partial charge in [-0.05, 0) is 18.3 Å². The first-order chi connectivity index (χ1) is 5.54. The van der Waals surface area contributed by atoms with Crippen LogP contribution in [0.1, 0.15) is 0 Å². The Morgan fingerprint density at radius 2 is 1.21 bits per heavy atom. The quantitative estimate of drug-likeness (QED) is 0.351. The van der Waals surface area contributed by atoms with Gasteiger partial charge in [-0.15, -0.1) is 0 Å². The van der Waals surface area contributed by atoms with Crippen LogP contribution >= 0.6 is 0 Å². The van der Waals surface area contributed by atoms with Gasteiger partial charge in [0, 0.05) is 0 Å². The van der Waals surface area contributed by atoms with Crippen LogP contribution in [0.2, 0.25) is 0 Å². The van der Waals surface area contributed by atoms with E-state index in [1.54, 1.807) is 12.1 Å². The van der Waals surface area contributed by atoms with E-state index in [0.29, 0.717) is 0 Å². The minimum absolute atomic E-state index is 0. The minimum atomic E-state index is -2.33. The molecule has 1 aromatic rings. The molecule has 66 valence electrons. The maximum atomic E-state index is 8.67. The number of carboxylic acid groups (broad SMARTS) is 2. The molecule has 0 radical (unpaired) electrons. The van der Waals surface area contributed by atoms with Gasteiger partial charge in [0.05, 0.1) is 0 Å². The molecule has 0 aliphatic heterocycles. The Kier molecular flexibility index (Phi) is 18.4. The van der Waals surface area contributed by atoms with Crippen LogP contribution in [-0.4, -0.2) is 16.4 Å². The molecule has 0 aromatic heterocycles.